The zero-order valence-corrected chi connectivity index (χ0v) is 12.3. The molecule has 0 aliphatic carbocycles. The number of benzene rings is 1. The normalized spacial score (nSPS) is 17.6. The van der Waals surface area contributed by atoms with Crippen molar-refractivity contribution in [3.63, 3.8) is 0 Å². The summed E-state index contributed by atoms with van der Waals surface area (Å²) in [7, 11) is 0. The average Bonchev–Trinajstić information content (AvgIpc) is 2.83. The van der Waals surface area contributed by atoms with Crippen molar-refractivity contribution in [1.82, 2.24) is 0 Å². The molecule has 0 saturated carbocycles. The molecule has 4 nitrogen and oxygen atoms in total. The van der Waals surface area contributed by atoms with Crippen molar-refractivity contribution < 1.29 is 14.3 Å². The molecule has 0 spiro atoms. The van der Waals surface area contributed by atoms with Gasteiger partial charge in [-0.1, -0.05) is 18.2 Å². The molecule has 0 saturated heterocycles. The maximum atomic E-state index is 11.1. The fraction of sp³-hybridized carbons (Fsp3) is 0.353. The number of para-hydroxylation sites is 1. The van der Waals surface area contributed by atoms with Crippen molar-refractivity contribution in [1.29, 1.82) is 0 Å². The molecule has 110 valence electrons. The Morgan fingerprint density at radius 1 is 1.43 bits per heavy atom. The van der Waals surface area contributed by atoms with Crippen LogP contribution in [0.3, 0.4) is 0 Å². The van der Waals surface area contributed by atoms with Crippen LogP contribution in [0, 0.1) is 6.92 Å². The Morgan fingerprint density at radius 3 is 2.90 bits per heavy atom. The molecule has 0 amide bonds. The van der Waals surface area contributed by atoms with Gasteiger partial charge in [-0.3, -0.25) is 0 Å². The SMILES string of the molecule is Cc1oc(CN2c3ccccc3CCC2C)cc1C(=O)O. The number of carboxylic acid groups (broad SMARTS) is 1. The van der Waals surface area contributed by atoms with Gasteiger partial charge in [0.15, 0.2) is 0 Å². The van der Waals surface area contributed by atoms with Gasteiger partial charge in [0.2, 0.25) is 0 Å². The van der Waals surface area contributed by atoms with Gasteiger partial charge in [-0.15, -0.1) is 0 Å². The lowest BCUT2D eigenvalue weighted by Crippen LogP contribution is -2.36. The second-order valence-corrected chi connectivity index (χ2v) is 5.63. The smallest absolute Gasteiger partial charge is 0.339 e. The molecule has 1 N–H and O–H groups in total. The largest absolute Gasteiger partial charge is 0.478 e. The van der Waals surface area contributed by atoms with Crippen LogP contribution in [0.25, 0.3) is 0 Å². The Balaban J connectivity index is 1.91. The zero-order valence-electron chi connectivity index (χ0n) is 12.3. The Hall–Kier alpha value is -2.23. The van der Waals surface area contributed by atoms with E-state index in [-0.39, 0.29) is 5.56 Å². The third-order valence-corrected chi connectivity index (χ3v) is 4.19. The fourth-order valence-electron chi connectivity index (χ4n) is 3.00. The maximum Gasteiger partial charge on any atom is 0.339 e. The van der Waals surface area contributed by atoms with E-state index in [0.29, 0.717) is 24.1 Å². The third kappa shape index (κ3) is 2.53. The lowest BCUT2D eigenvalue weighted by atomic mass is 9.96. The van der Waals surface area contributed by atoms with Crippen LogP contribution in [0.15, 0.2) is 34.7 Å². The van der Waals surface area contributed by atoms with Gasteiger partial charge in [0.25, 0.3) is 0 Å². The predicted octanol–water partition coefficient (Wildman–Crippen LogP) is 3.63. The molecule has 1 aromatic carbocycles. The molecule has 4 heteroatoms. The Kier molecular flexibility index (Phi) is 3.45. The van der Waals surface area contributed by atoms with Gasteiger partial charge in [0.1, 0.15) is 17.1 Å². The number of aromatic carboxylic acids is 1. The van der Waals surface area contributed by atoms with Gasteiger partial charge < -0.3 is 14.4 Å². The third-order valence-electron chi connectivity index (χ3n) is 4.19. The van der Waals surface area contributed by atoms with Crippen molar-refractivity contribution in [2.45, 2.75) is 39.3 Å². The van der Waals surface area contributed by atoms with Crippen LogP contribution in [-0.4, -0.2) is 17.1 Å². The molecule has 1 unspecified atom stereocenters. The molecule has 2 heterocycles. The number of anilines is 1. The van der Waals surface area contributed by atoms with E-state index in [0.717, 1.165) is 12.8 Å². The minimum Gasteiger partial charge on any atom is -0.478 e. The molecule has 0 fully saturated rings. The number of rotatable bonds is 3. The summed E-state index contributed by atoms with van der Waals surface area (Å²) >= 11 is 0. The first kappa shape index (κ1) is 13.7. The Labute approximate surface area is 124 Å². The number of furan rings is 1. The highest BCUT2D eigenvalue weighted by Gasteiger charge is 2.24. The molecule has 1 aliphatic rings. The number of carbonyl (C=O) groups is 1. The van der Waals surface area contributed by atoms with E-state index < -0.39 is 5.97 Å². The van der Waals surface area contributed by atoms with Crippen molar-refractivity contribution in [2.75, 3.05) is 4.90 Å². The van der Waals surface area contributed by atoms with Crippen LogP contribution in [0.1, 0.15) is 40.8 Å². The van der Waals surface area contributed by atoms with Crippen LogP contribution in [0.5, 0.6) is 0 Å². The average molecular weight is 285 g/mol. The van der Waals surface area contributed by atoms with E-state index in [9.17, 15) is 4.79 Å². The van der Waals surface area contributed by atoms with Gasteiger partial charge in [-0.25, -0.2) is 4.79 Å². The van der Waals surface area contributed by atoms with Crippen molar-refractivity contribution in [3.8, 4) is 0 Å². The molecule has 3 rings (SSSR count). The van der Waals surface area contributed by atoms with Crippen LogP contribution in [0.4, 0.5) is 5.69 Å². The van der Waals surface area contributed by atoms with E-state index in [4.69, 9.17) is 9.52 Å². The highest BCUT2D eigenvalue weighted by atomic mass is 16.4. The summed E-state index contributed by atoms with van der Waals surface area (Å²) in [5, 5.41) is 9.12. The highest BCUT2D eigenvalue weighted by molar-refractivity contribution is 5.88. The van der Waals surface area contributed by atoms with Gasteiger partial charge in [0.05, 0.1) is 6.54 Å². The molecule has 2 aromatic rings. The summed E-state index contributed by atoms with van der Waals surface area (Å²) in [4.78, 5) is 13.4. The Morgan fingerprint density at radius 2 is 2.19 bits per heavy atom. The second-order valence-electron chi connectivity index (χ2n) is 5.63. The predicted molar refractivity (Wildman–Crippen MR) is 80.8 cm³/mol. The van der Waals surface area contributed by atoms with Crippen molar-refractivity contribution in [3.05, 3.63) is 53.0 Å². The first-order valence-electron chi connectivity index (χ1n) is 7.23. The number of hydrogen-bond donors (Lipinski definition) is 1. The lowest BCUT2D eigenvalue weighted by Gasteiger charge is -2.36. The van der Waals surface area contributed by atoms with Crippen LogP contribution < -0.4 is 4.90 Å². The summed E-state index contributed by atoms with van der Waals surface area (Å²) in [6, 6.07) is 10.4. The van der Waals surface area contributed by atoms with E-state index in [1.165, 1.54) is 11.3 Å². The molecule has 0 bridgehead atoms. The number of nitrogens with zero attached hydrogens (tertiary/aromatic N) is 1. The van der Waals surface area contributed by atoms with Crippen LogP contribution in [0.2, 0.25) is 0 Å². The topological polar surface area (TPSA) is 53.7 Å². The van der Waals surface area contributed by atoms with Gasteiger partial charge in [-0.05, 0) is 44.4 Å². The lowest BCUT2D eigenvalue weighted by molar-refractivity contribution is 0.0695. The molecular formula is C17H19NO3. The molecular weight excluding hydrogens is 266 g/mol. The summed E-state index contributed by atoms with van der Waals surface area (Å²) < 4.78 is 5.62. The number of fused-ring (bicyclic) bond motifs is 1. The summed E-state index contributed by atoms with van der Waals surface area (Å²) in [6.45, 7) is 4.50. The number of hydrogen-bond acceptors (Lipinski definition) is 3. The standard InChI is InChI=1S/C17H19NO3/c1-11-7-8-13-5-3-4-6-16(13)18(11)10-14-9-15(17(19)20)12(2)21-14/h3-6,9,11H,7-8,10H2,1-2H3,(H,19,20). The minimum absolute atomic E-state index is 0.253. The Bertz CT molecular complexity index is 674. The van der Waals surface area contributed by atoms with Crippen LogP contribution in [-0.2, 0) is 13.0 Å². The quantitative estimate of drug-likeness (QED) is 0.935. The van der Waals surface area contributed by atoms with E-state index in [1.54, 1.807) is 13.0 Å². The van der Waals surface area contributed by atoms with E-state index in [2.05, 4.69) is 30.0 Å². The summed E-state index contributed by atoms with van der Waals surface area (Å²) in [6.07, 6.45) is 2.19. The summed E-state index contributed by atoms with van der Waals surface area (Å²) in [5.74, 6) is 0.235. The monoisotopic (exact) mass is 285 g/mol. The summed E-state index contributed by atoms with van der Waals surface area (Å²) in [5.41, 5.74) is 2.82. The van der Waals surface area contributed by atoms with Gasteiger partial charge in [0, 0.05) is 11.7 Å². The van der Waals surface area contributed by atoms with Gasteiger partial charge >= 0.3 is 5.97 Å². The zero-order chi connectivity index (χ0) is 15.0. The highest BCUT2D eigenvalue weighted by Crippen LogP contribution is 2.32. The molecule has 1 aliphatic heterocycles. The first-order valence-corrected chi connectivity index (χ1v) is 7.23. The maximum absolute atomic E-state index is 11.1. The van der Waals surface area contributed by atoms with E-state index in [1.807, 2.05) is 6.07 Å². The number of aryl methyl sites for hydroxylation is 2. The van der Waals surface area contributed by atoms with Crippen LogP contribution >= 0.6 is 0 Å². The molecule has 1 atom stereocenters. The fourth-order valence-corrected chi connectivity index (χ4v) is 3.00. The first-order chi connectivity index (χ1) is 10.1. The minimum atomic E-state index is -0.936. The van der Waals surface area contributed by atoms with E-state index >= 15 is 0 Å². The van der Waals surface area contributed by atoms with Gasteiger partial charge in [-0.2, -0.15) is 0 Å². The number of carboxylic acids is 1. The molecule has 1 aromatic heterocycles. The van der Waals surface area contributed by atoms with Crippen molar-refractivity contribution >= 4 is 11.7 Å². The van der Waals surface area contributed by atoms with Crippen molar-refractivity contribution in [2.24, 2.45) is 0 Å². The second kappa shape index (κ2) is 5.28. The molecule has 21 heavy (non-hydrogen) atoms. The molecule has 0 radical (unpaired) electrons.